The molecule has 0 aromatic heterocycles. The molecule has 32 heavy (non-hydrogen) atoms. The molecule has 2 aliphatic rings. The number of unbranched alkanes of at least 4 members (excludes halogenated alkanes) is 2. The average Bonchev–Trinajstić information content (AvgIpc) is 2.84. The van der Waals surface area contributed by atoms with Gasteiger partial charge in [0.15, 0.2) is 0 Å². The number of hydrogen-bond donors (Lipinski definition) is 0. The second-order valence-corrected chi connectivity index (χ2v) is 10.8. The van der Waals surface area contributed by atoms with E-state index in [9.17, 15) is 5.26 Å². The van der Waals surface area contributed by atoms with E-state index in [4.69, 9.17) is 4.74 Å². The fraction of sp³-hybridized carbons (Fsp3) is 0.767. The summed E-state index contributed by atoms with van der Waals surface area (Å²) in [5, 5.41) is 9.85. The zero-order valence-electron chi connectivity index (χ0n) is 20.9. The van der Waals surface area contributed by atoms with E-state index in [1.165, 1.54) is 95.5 Å². The van der Waals surface area contributed by atoms with Crippen molar-refractivity contribution in [1.82, 2.24) is 0 Å². The smallest absolute Gasteiger partial charge is 0.119 e. The van der Waals surface area contributed by atoms with Crippen molar-refractivity contribution in [3.05, 3.63) is 29.8 Å². The number of ether oxygens (including phenoxy) is 1. The van der Waals surface area contributed by atoms with Gasteiger partial charge in [-0.25, -0.2) is 0 Å². The van der Waals surface area contributed by atoms with Crippen molar-refractivity contribution < 1.29 is 4.74 Å². The lowest BCUT2D eigenvalue weighted by Gasteiger charge is -2.34. The monoisotopic (exact) mass is 437 g/mol. The summed E-state index contributed by atoms with van der Waals surface area (Å²) in [5.41, 5.74) is 1.43. The van der Waals surface area contributed by atoms with Gasteiger partial charge in [0.2, 0.25) is 0 Å². The van der Waals surface area contributed by atoms with Gasteiger partial charge in [-0.05, 0) is 86.3 Å². The highest BCUT2D eigenvalue weighted by atomic mass is 16.5. The number of aryl methyl sites for hydroxylation is 1. The second-order valence-electron chi connectivity index (χ2n) is 10.8. The first-order chi connectivity index (χ1) is 15.7. The van der Waals surface area contributed by atoms with Crippen LogP contribution in [0.5, 0.6) is 5.75 Å². The molecule has 1 aromatic rings. The third kappa shape index (κ3) is 8.13. The van der Waals surface area contributed by atoms with E-state index < -0.39 is 0 Å². The fourth-order valence-corrected chi connectivity index (χ4v) is 6.18. The van der Waals surface area contributed by atoms with Gasteiger partial charge in [-0.2, -0.15) is 5.26 Å². The van der Waals surface area contributed by atoms with Gasteiger partial charge in [0.05, 0.1) is 12.7 Å². The Morgan fingerprint density at radius 3 is 2.12 bits per heavy atom. The SMILES string of the molecule is CCCCCc1ccc(OC[C@H]2CC[C@H](CC(C#N)[C@H]3CC[C@H](CCC)CC3)CC2)cc1. The van der Waals surface area contributed by atoms with Crippen LogP contribution in [0.4, 0.5) is 0 Å². The number of nitriles is 1. The Balaban J connectivity index is 1.33. The number of nitrogens with zero attached hydrogens (tertiary/aromatic N) is 1. The lowest BCUT2D eigenvalue weighted by Crippen LogP contribution is -2.25. The highest BCUT2D eigenvalue weighted by Gasteiger charge is 2.31. The average molecular weight is 438 g/mol. The minimum atomic E-state index is 0.297. The largest absolute Gasteiger partial charge is 0.493 e. The second kappa shape index (κ2) is 13.9. The lowest BCUT2D eigenvalue weighted by atomic mass is 9.70. The van der Waals surface area contributed by atoms with Crippen LogP contribution in [0.1, 0.15) is 109 Å². The zero-order valence-corrected chi connectivity index (χ0v) is 20.9. The molecular formula is C30H47NO. The molecule has 0 saturated heterocycles. The Morgan fingerprint density at radius 1 is 0.844 bits per heavy atom. The summed E-state index contributed by atoms with van der Waals surface area (Å²) in [6.07, 6.45) is 19.3. The molecule has 178 valence electrons. The molecule has 0 spiro atoms. The van der Waals surface area contributed by atoms with Gasteiger partial charge >= 0.3 is 0 Å². The van der Waals surface area contributed by atoms with Crippen molar-refractivity contribution in [2.45, 2.75) is 110 Å². The molecule has 1 atom stereocenters. The van der Waals surface area contributed by atoms with Crippen LogP contribution in [0, 0.1) is 40.9 Å². The van der Waals surface area contributed by atoms with E-state index in [0.717, 1.165) is 30.6 Å². The zero-order chi connectivity index (χ0) is 22.6. The van der Waals surface area contributed by atoms with Crippen LogP contribution in [0.15, 0.2) is 24.3 Å². The summed E-state index contributed by atoms with van der Waals surface area (Å²) in [5.74, 6) is 4.36. The van der Waals surface area contributed by atoms with Crippen molar-refractivity contribution in [3.63, 3.8) is 0 Å². The maximum Gasteiger partial charge on any atom is 0.119 e. The van der Waals surface area contributed by atoms with Crippen LogP contribution in [0.25, 0.3) is 0 Å². The molecule has 2 fully saturated rings. The first kappa shape index (κ1) is 25.1. The quantitative estimate of drug-likeness (QED) is 0.306. The van der Waals surface area contributed by atoms with E-state index in [-0.39, 0.29) is 0 Å². The molecule has 0 bridgehead atoms. The van der Waals surface area contributed by atoms with Crippen LogP contribution in [-0.2, 0) is 6.42 Å². The Kier molecular flexibility index (Phi) is 10.9. The molecule has 0 aliphatic heterocycles. The van der Waals surface area contributed by atoms with Crippen LogP contribution in [0.3, 0.4) is 0 Å². The standard InChI is InChI=1S/C30H47NO/c1-3-5-6-8-25-15-19-30(20-16-25)32-23-27-11-9-26(10-12-27)21-29(22-31)28-17-13-24(7-4-2)14-18-28/h15-16,19-20,24,26-29H,3-14,17-18,21,23H2,1-2H3/t24-,26-,27-,28-,29?. The minimum Gasteiger partial charge on any atom is -0.493 e. The molecule has 0 heterocycles. The maximum atomic E-state index is 9.85. The molecule has 1 aromatic carbocycles. The normalized spacial score (nSPS) is 26.9. The van der Waals surface area contributed by atoms with Gasteiger partial charge in [0.25, 0.3) is 0 Å². The van der Waals surface area contributed by atoms with E-state index in [0.29, 0.717) is 17.8 Å². The molecule has 1 unspecified atom stereocenters. The third-order valence-corrected chi connectivity index (χ3v) is 8.35. The molecule has 3 rings (SSSR count). The number of hydrogen-bond acceptors (Lipinski definition) is 2. The highest BCUT2D eigenvalue weighted by Crippen LogP contribution is 2.40. The topological polar surface area (TPSA) is 33.0 Å². The van der Waals surface area contributed by atoms with Gasteiger partial charge < -0.3 is 4.74 Å². The van der Waals surface area contributed by atoms with E-state index >= 15 is 0 Å². The van der Waals surface area contributed by atoms with Crippen molar-refractivity contribution >= 4 is 0 Å². The van der Waals surface area contributed by atoms with Crippen molar-refractivity contribution in [1.29, 1.82) is 5.26 Å². The minimum absolute atomic E-state index is 0.297. The summed E-state index contributed by atoms with van der Waals surface area (Å²) >= 11 is 0. The predicted octanol–water partition coefficient (Wildman–Crippen LogP) is 8.74. The third-order valence-electron chi connectivity index (χ3n) is 8.35. The molecule has 0 N–H and O–H groups in total. The van der Waals surface area contributed by atoms with Crippen LogP contribution >= 0.6 is 0 Å². The summed E-state index contributed by atoms with van der Waals surface area (Å²) in [4.78, 5) is 0. The predicted molar refractivity (Wildman–Crippen MR) is 135 cm³/mol. The van der Waals surface area contributed by atoms with Gasteiger partial charge in [0, 0.05) is 5.92 Å². The Hall–Kier alpha value is -1.49. The van der Waals surface area contributed by atoms with Crippen molar-refractivity contribution in [3.8, 4) is 11.8 Å². The molecule has 2 saturated carbocycles. The first-order valence-corrected chi connectivity index (χ1v) is 13.8. The van der Waals surface area contributed by atoms with Crippen LogP contribution < -0.4 is 4.74 Å². The summed E-state index contributed by atoms with van der Waals surface area (Å²) in [6.45, 7) is 5.41. The van der Waals surface area contributed by atoms with Gasteiger partial charge in [-0.3, -0.25) is 0 Å². The van der Waals surface area contributed by atoms with Gasteiger partial charge in [-0.15, -0.1) is 0 Å². The fourth-order valence-electron chi connectivity index (χ4n) is 6.18. The van der Waals surface area contributed by atoms with E-state index in [1.807, 2.05) is 0 Å². The molecule has 0 amide bonds. The Bertz CT molecular complexity index is 659. The molecule has 2 heteroatoms. The first-order valence-electron chi connectivity index (χ1n) is 13.8. The molecule has 2 nitrogen and oxygen atoms in total. The van der Waals surface area contributed by atoms with Crippen molar-refractivity contribution in [2.75, 3.05) is 6.61 Å². The summed E-state index contributed by atoms with van der Waals surface area (Å²) < 4.78 is 6.14. The summed E-state index contributed by atoms with van der Waals surface area (Å²) in [6, 6.07) is 11.5. The van der Waals surface area contributed by atoms with Crippen LogP contribution in [-0.4, -0.2) is 6.61 Å². The molecular weight excluding hydrogens is 390 g/mol. The highest BCUT2D eigenvalue weighted by molar-refractivity contribution is 5.27. The van der Waals surface area contributed by atoms with E-state index in [2.05, 4.69) is 44.2 Å². The number of benzene rings is 1. The van der Waals surface area contributed by atoms with Gasteiger partial charge in [0.1, 0.15) is 5.75 Å². The van der Waals surface area contributed by atoms with Crippen molar-refractivity contribution in [2.24, 2.45) is 29.6 Å². The number of rotatable bonds is 12. The Labute approximate surface area is 198 Å². The lowest BCUT2D eigenvalue weighted by molar-refractivity contribution is 0.154. The van der Waals surface area contributed by atoms with E-state index in [1.54, 1.807) is 0 Å². The summed E-state index contributed by atoms with van der Waals surface area (Å²) in [7, 11) is 0. The van der Waals surface area contributed by atoms with Gasteiger partial charge in [-0.1, -0.05) is 77.3 Å². The maximum absolute atomic E-state index is 9.85. The Morgan fingerprint density at radius 2 is 1.50 bits per heavy atom. The molecule has 0 radical (unpaired) electrons. The molecule has 2 aliphatic carbocycles. The van der Waals surface area contributed by atoms with Crippen LogP contribution in [0.2, 0.25) is 0 Å².